The average Bonchev–Trinajstić information content (AvgIpc) is 2.40. The molecule has 0 spiro atoms. The molecule has 0 aliphatic rings. The first-order valence-electron chi connectivity index (χ1n) is 6.70. The predicted octanol–water partition coefficient (Wildman–Crippen LogP) is 2.21. The topological polar surface area (TPSA) is 75.6 Å². The van der Waals surface area contributed by atoms with Crippen molar-refractivity contribution in [3.63, 3.8) is 0 Å². The van der Waals surface area contributed by atoms with Gasteiger partial charge in [-0.05, 0) is 44.5 Å². The Hall–Kier alpha value is -2.11. The fourth-order valence-electron chi connectivity index (χ4n) is 1.50. The Labute approximate surface area is 123 Å². The van der Waals surface area contributed by atoms with Gasteiger partial charge in [-0.25, -0.2) is 4.39 Å². The Morgan fingerprint density at radius 1 is 1.29 bits per heavy atom. The maximum Gasteiger partial charge on any atom is 0.309 e. The number of nitrogens with one attached hydrogen (secondary N) is 1. The fourth-order valence-corrected chi connectivity index (χ4v) is 1.50. The third kappa shape index (κ3) is 6.25. The summed E-state index contributed by atoms with van der Waals surface area (Å²) in [7, 11) is 0. The fraction of sp³-hybridized carbons (Fsp3) is 0.467. The van der Waals surface area contributed by atoms with Crippen LogP contribution in [0.5, 0.6) is 5.75 Å². The molecule has 0 unspecified atom stereocenters. The Morgan fingerprint density at radius 2 is 1.90 bits per heavy atom. The van der Waals surface area contributed by atoms with E-state index in [0.29, 0.717) is 18.7 Å². The lowest BCUT2D eigenvalue weighted by Gasteiger charge is -2.18. The molecule has 0 heterocycles. The van der Waals surface area contributed by atoms with Gasteiger partial charge in [-0.3, -0.25) is 9.59 Å². The minimum atomic E-state index is -0.892. The Bertz CT molecular complexity index is 485. The summed E-state index contributed by atoms with van der Waals surface area (Å²) in [6, 6.07) is 5.54. The van der Waals surface area contributed by atoms with Gasteiger partial charge in [0.05, 0.1) is 18.4 Å². The number of hydrogen-bond donors (Lipinski definition) is 2. The second-order valence-electron chi connectivity index (χ2n) is 5.34. The van der Waals surface area contributed by atoms with Crippen molar-refractivity contribution in [1.82, 2.24) is 5.32 Å². The van der Waals surface area contributed by atoms with Crippen molar-refractivity contribution in [2.24, 2.45) is 5.41 Å². The molecule has 0 bridgehead atoms. The second kappa shape index (κ2) is 7.61. The van der Waals surface area contributed by atoms with Crippen LogP contribution in [0.15, 0.2) is 24.3 Å². The molecule has 1 rings (SSSR count). The average molecular weight is 297 g/mol. The lowest BCUT2D eigenvalue weighted by molar-refractivity contribution is -0.147. The van der Waals surface area contributed by atoms with E-state index in [1.165, 1.54) is 24.3 Å². The molecule has 2 N–H and O–H groups in total. The highest BCUT2D eigenvalue weighted by atomic mass is 19.1. The molecule has 0 atom stereocenters. The molecule has 0 aliphatic carbocycles. The van der Waals surface area contributed by atoms with E-state index in [9.17, 15) is 14.0 Å². The molecule has 0 aromatic heterocycles. The smallest absolute Gasteiger partial charge is 0.309 e. The van der Waals surface area contributed by atoms with Crippen molar-refractivity contribution in [1.29, 1.82) is 0 Å². The molecule has 1 aromatic rings. The summed E-state index contributed by atoms with van der Waals surface area (Å²) >= 11 is 0. The van der Waals surface area contributed by atoms with E-state index >= 15 is 0 Å². The van der Waals surface area contributed by atoms with Crippen molar-refractivity contribution in [3.8, 4) is 5.75 Å². The van der Waals surface area contributed by atoms with Gasteiger partial charge in [0, 0.05) is 6.54 Å². The molecule has 0 aliphatic heterocycles. The predicted molar refractivity (Wildman–Crippen MR) is 75.6 cm³/mol. The number of carboxylic acid groups (broad SMARTS) is 1. The first-order chi connectivity index (χ1) is 9.81. The van der Waals surface area contributed by atoms with Crippen molar-refractivity contribution >= 4 is 11.9 Å². The van der Waals surface area contributed by atoms with Gasteiger partial charge in [-0.15, -0.1) is 0 Å². The number of ether oxygens (including phenoxy) is 1. The Kier molecular flexibility index (Phi) is 6.14. The summed E-state index contributed by atoms with van der Waals surface area (Å²) in [5.74, 6) is -0.952. The molecule has 5 nitrogen and oxygen atoms in total. The van der Waals surface area contributed by atoms with Crippen LogP contribution < -0.4 is 10.1 Å². The first-order valence-corrected chi connectivity index (χ1v) is 6.70. The van der Waals surface area contributed by atoms with Gasteiger partial charge in [0.25, 0.3) is 0 Å². The molecule has 0 radical (unpaired) electrons. The zero-order chi connectivity index (χ0) is 15.9. The molecular formula is C15H20FNO4. The molecule has 1 aromatic carbocycles. The Morgan fingerprint density at radius 3 is 2.48 bits per heavy atom. The van der Waals surface area contributed by atoms with Crippen LogP contribution in [0.3, 0.4) is 0 Å². The molecule has 116 valence electrons. The van der Waals surface area contributed by atoms with Crippen LogP contribution in [0.2, 0.25) is 0 Å². The van der Waals surface area contributed by atoms with Gasteiger partial charge in [0.2, 0.25) is 5.91 Å². The van der Waals surface area contributed by atoms with Crippen molar-refractivity contribution in [3.05, 3.63) is 30.1 Å². The van der Waals surface area contributed by atoms with Gasteiger partial charge < -0.3 is 15.2 Å². The molecular weight excluding hydrogens is 277 g/mol. The third-order valence-corrected chi connectivity index (χ3v) is 3.06. The Balaban J connectivity index is 2.20. The number of carbonyl (C=O) groups is 2. The van der Waals surface area contributed by atoms with Crippen molar-refractivity contribution in [2.75, 3.05) is 13.2 Å². The molecule has 6 heteroatoms. The highest BCUT2D eigenvalue weighted by Gasteiger charge is 2.26. The normalized spacial score (nSPS) is 11.0. The number of amides is 1. The van der Waals surface area contributed by atoms with Gasteiger partial charge in [0.15, 0.2) is 0 Å². The second-order valence-corrected chi connectivity index (χ2v) is 5.34. The van der Waals surface area contributed by atoms with Crippen LogP contribution >= 0.6 is 0 Å². The summed E-state index contributed by atoms with van der Waals surface area (Å²) in [5.41, 5.74) is -0.863. The van der Waals surface area contributed by atoms with Crippen LogP contribution in [0.4, 0.5) is 4.39 Å². The maximum absolute atomic E-state index is 12.7. The van der Waals surface area contributed by atoms with Crippen molar-refractivity contribution < 1.29 is 23.8 Å². The SMILES string of the molecule is CC(C)(CCNC(=O)CCOc1ccc(F)cc1)C(=O)O. The maximum atomic E-state index is 12.7. The molecule has 0 fully saturated rings. The highest BCUT2D eigenvalue weighted by molar-refractivity contribution is 5.76. The first kappa shape index (κ1) is 16.9. The van der Waals surface area contributed by atoms with E-state index in [2.05, 4.69) is 5.32 Å². The highest BCUT2D eigenvalue weighted by Crippen LogP contribution is 2.19. The number of benzene rings is 1. The van der Waals surface area contributed by atoms with E-state index < -0.39 is 11.4 Å². The minimum absolute atomic E-state index is 0.158. The standard InChI is InChI=1S/C15H20FNO4/c1-15(2,14(19)20)8-9-17-13(18)7-10-21-12-5-3-11(16)4-6-12/h3-6H,7-10H2,1-2H3,(H,17,18)(H,19,20). The van der Waals surface area contributed by atoms with Gasteiger partial charge in [-0.2, -0.15) is 0 Å². The summed E-state index contributed by atoms with van der Waals surface area (Å²) in [6.07, 6.45) is 0.512. The summed E-state index contributed by atoms with van der Waals surface area (Å²) < 4.78 is 18.0. The van der Waals surface area contributed by atoms with Crippen LogP contribution in [0.25, 0.3) is 0 Å². The van der Waals surface area contributed by atoms with E-state index in [1.54, 1.807) is 13.8 Å². The zero-order valence-corrected chi connectivity index (χ0v) is 12.2. The number of rotatable bonds is 8. The van der Waals surface area contributed by atoms with Crippen LogP contribution in [0.1, 0.15) is 26.7 Å². The van der Waals surface area contributed by atoms with Crippen LogP contribution in [-0.4, -0.2) is 30.1 Å². The molecule has 0 saturated carbocycles. The quantitative estimate of drug-likeness (QED) is 0.771. The van der Waals surface area contributed by atoms with Crippen molar-refractivity contribution in [2.45, 2.75) is 26.7 Å². The third-order valence-electron chi connectivity index (χ3n) is 3.06. The minimum Gasteiger partial charge on any atom is -0.493 e. The van der Waals surface area contributed by atoms with Crippen LogP contribution in [-0.2, 0) is 9.59 Å². The van der Waals surface area contributed by atoms with Gasteiger partial charge in [0.1, 0.15) is 11.6 Å². The number of halogens is 1. The van der Waals surface area contributed by atoms with Crippen LogP contribution in [0, 0.1) is 11.2 Å². The molecule has 21 heavy (non-hydrogen) atoms. The molecule has 0 saturated heterocycles. The van der Waals surface area contributed by atoms with Gasteiger partial charge in [-0.1, -0.05) is 0 Å². The summed E-state index contributed by atoms with van der Waals surface area (Å²) in [5, 5.41) is 11.6. The largest absolute Gasteiger partial charge is 0.493 e. The lowest BCUT2D eigenvalue weighted by atomic mass is 9.90. The van der Waals surface area contributed by atoms with E-state index in [4.69, 9.17) is 9.84 Å². The molecule has 1 amide bonds. The van der Waals surface area contributed by atoms with E-state index in [0.717, 1.165) is 0 Å². The number of hydrogen-bond acceptors (Lipinski definition) is 3. The van der Waals surface area contributed by atoms with E-state index in [-0.39, 0.29) is 24.8 Å². The summed E-state index contributed by atoms with van der Waals surface area (Å²) in [4.78, 5) is 22.4. The monoisotopic (exact) mass is 297 g/mol. The van der Waals surface area contributed by atoms with Gasteiger partial charge >= 0.3 is 5.97 Å². The number of carbonyl (C=O) groups excluding carboxylic acids is 1. The lowest BCUT2D eigenvalue weighted by Crippen LogP contribution is -2.32. The number of carboxylic acids is 1. The summed E-state index contributed by atoms with van der Waals surface area (Å²) in [6.45, 7) is 3.70. The number of aliphatic carboxylic acids is 1. The van der Waals surface area contributed by atoms with E-state index in [1.807, 2.05) is 0 Å². The zero-order valence-electron chi connectivity index (χ0n) is 12.2.